The van der Waals surface area contributed by atoms with Crippen molar-refractivity contribution in [3.8, 4) is 0 Å². The molecular weight excluding hydrogens is 266 g/mol. The first-order chi connectivity index (χ1) is 10.1. The highest BCUT2D eigenvalue weighted by atomic mass is 16.4. The van der Waals surface area contributed by atoms with Crippen LogP contribution in [-0.4, -0.2) is 35.0 Å². The number of nitrogens with zero attached hydrogens (tertiary/aromatic N) is 1. The molecule has 2 rings (SSSR count). The van der Waals surface area contributed by atoms with E-state index in [-0.39, 0.29) is 17.7 Å². The highest BCUT2D eigenvalue weighted by Gasteiger charge is 2.32. The molecule has 2 fully saturated rings. The number of hydrogen-bond donors (Lipinski definition) is 1. The molecule has 4 heteroatoms. The third-order valence-electron chi connectivity index (χ3n) is 5.40. The summed E-state index contributed by atoms with van der Waals surface area (Å²) in [5.41, 5.74) is 0. The van der Waals surface area contributed by atoms with E-state index in [1.165, 1.54) is 32.1 Å². The summed E-state index contributed by atoms with van der Waals surface area (Å²) >= 11 is 0. The Balaban J connectivity index is 1.85. The Kier molecular flexibility index (Phi) is 6.07. The maximum Gasteiger partial charge on any atom is 0.306 e. The monoisotopic (exact) mass is 295 g/mol. The summed E-state index contributed by atoms with van der Waals surface area (Å²) in [5, 5.41) is 9.04. The van der Waals surface area contributed by atoms with Gasteiger partial charge in [0.25, 0.3) is 0 Å². The smallest absolute Gasteiger partial charge is 0.306 e. The molecule has 2 aliphatic carbocycles. The molecule has 0 heterocycles. The van der Waals surface area contributed by atoms with Crippen LogP contribution in [0.1, 0.15) is 70.6 Å². The standard InChI is InChI=1S/C17H29NO3/c1-18(15-7-5-3-2-4-6-8-15)16(19)13-9-11-14(12-10-13)17(20)21/h13-15H,2-12H2,1H3,(H,20,21). The molecule has 0 bridgehead atoms. The fraction of sp³-hybridized carbons (Fsp3) is 0.882. The van der Waals surface area contributed by atoms with Crippen molar-refractivity contribution in [3.63, 3.8) is 0 Å². The summed E-state index contributed by atoms with van der Waals surface area (Å²) in [5.74, 6) is -0.629. The van der Waals surface area contributed by atoms with Gasteiger partial charge in [0.05, 0.1) is 5.92 Å². The van der Waals surface area contributed by atoms with Gasteiger partial charge in [-0.25, -0.2) is 0 Å². The Morgan fingerprint density at radius 1 is 0.810 bits per heavy atom. The first-order valence-electron chi connectivity index (χ1n) is 8.59. The van der Waals surface area contributed by atoms with Gasteiger partial charge in [0.2, 0.25) is 5.91 Å². The van der Waals surface area contributed by atoms with Crippen molar-refractivity contribution in [2.45, 2.75) is 76.7 Å². The summed E-state index contributed by atoms with van der Waals surface area (Å²) in [6, 6.07) is 0.398. The lowest BCUT2D eigenvalue weighted by Gasteiger charge is -2.34. The van der Waals surface area contributed by atoms with E-state index in [1.54, 1.807) is 0 Å². The van der Waals surface area contributed by atoms with Gasteiger partial charge in [0, 0.05) is 19.0 Å². The van der Waals surface area contributed by atoms with Crippen molar-refractivity contribution in [1.29, 1.82) is 0 Å². The van der Waals surface area contributed by atoms with Crippen molar-refractivity contribution >= 4 is 11.9 Å². The molecule has 0 unspecified atom stereocenters. The van der Waals surface area contributed by atoms with Gasteiger partial charge in [-0.1, -0.05) is 32.1 Å². The minimum Gasteiger partial charge on any atom is -0.481 e. The number of carbonyl (C=O) groups excluding carboxylic acids is 1. The molecule has 0 spiro atoms. The predicted molar refractivity (Wildman–Crippen MR) is 82.0 cm³/mol. The molecule has 0 radical (unpaired) electrons. The first kappa shape index (κ1) is 16.3. The predicted octanol–water partition coefficient (Wildman–Crippen LogP) is 3.45. The van der Waals surface area contributed by atoms with Crippen LogP contribution in [-0.2, 0) is 9.59 Å². The molecular formula is C17H29NO3. The second kappa shape index (κ2) is 7.81. The van der Waals surface area contributed by atoms with E-state index in [0.717, 1.165) is 25.7 Å². The molecule has 4 nitrogen and oxygen atoms in total. The van der Waals surface area contributed by atoms with E-state index in [0.29, 0.717) is 18.9 Å². The summed E-state index contributed by atoms with van der Waals surface area (Å²) in [6.07, 6.45) is 11.4. The fourth-order valence-corrected chi connectivity index (χ4v) is 3.88. The number of carboxylic acids is 1. The lowest BCUT2D eigenvalue weighted by atomic mass is 9.81. The highest BCUT2D eigenvalue weighted by molar-refractivity contribution is 5.79. The minimum absolute atomic E-state index is 0.0519. The molecule has 0 atom stereocenters. The number of rotatable bonds is 3. The minimum atomic E-state index is -0.700. The Bertz CT molecular complexity index is 353. The summed E-state index contributed by atoms with van der Waals surface area (Å²) in [4.78, 5) is 25.6. The second-order valence-corrected chi connectivity index (χ2v) is 6.83. The van der Waals surface area contributed by atoms with E-state index in [9.17, 15) is 9.59 Å². The topological polar surface area (TPSA) is 57.6 Å². The van der Waals surface area contributed by atoms with Gasteiger partial charge in [-0.2, -0.15) is 0 Å². The SMILES string of the molecule is CN(C(=O)C1CCC(C(=O)O)CC1)C1CCCCCCC1. The zero-order valence-corrected chi connectivity index (χ0v) is 13.2. The largest absolute Gasteiger partial charge is 0.481 e. The number of carbonyl (C=O) groups is 2. The van der Waals surface area contributed by atoms with Gasteiger partial charge in [0.1, 0.15) is 0 Å². The molecule has 0 aromatic carbocycles. The van der Waals surface area contributed by atoms with Gasteiger partial charge in [0.15, 0.2) is 0 Å². The van der Waals surface area contributed by atoms with Gasteiger partial charge in [-0.3, -0.25) is 9.59 Å². The maximum atomic E-state index is 12.7. The summed E-state index contributed by atoms with van der Waals surface area (Å²) in [6.45, 7) is 0. The zero-order valence-electron chi connectivity index (χ0n) is 13.2. The lowest BCUT2D eigenvalue weighted by molar-refractivity contribution is -0.146. The number of carboxylic acid groups (broad SMARTS) is 1. The summed E-state index contributed by atoms with van der Waals surface area (Å²) < 4.78 is 0. The molecule has 1 amide bonds. The molecule has 2 saturated carbocycles. The van der Waals surface area contributed by atoms with Crippen LogP contribution in [0.2, 0.25) is 0 Å². The lowest BCUT2D eigenvalue weighted by Crippen LogP contribution is -2.42. The Labute approximate surface area is 127 Å². The van der Waals surface area contributed by atoms with Gasteiger partial charge in [-0.15, -0.1) is 0 Å². The number of hydrogen-bond acceptors (Lipinski definition) is 2. The number of amides is 1. The third-order valence-corrected chi connectivity index (χ3v) is 5.40. The third kappa shape index (κ3) is 4.45. The average Bonchev–Trinajstić information content (AvgIpc) is 2.45. The van der Waals surface area contributed by atoms with Crippen molar-refractivity contribution < 1.29 is 14.7 Å². The molecule has 0 aliphatic heterocycles. The second-order valence-electron chi connectivity index (χ2n) is 6.83. The van der Waals surface area contributed by atoms with Crippen molar-refractivity contribution in [1.82, 2.24) is 4.90 Å². The van der Waals surface area contributed by atoms with E-state index in [2.05, 4.69) is 0 Å². The van der Waals surface area contributed by atoms with E-state index < -0.39 is 5.97 Å². The van der Waals surface area contributed by atoms with Crippen molar-refractivity contribution in [3.05, 3.63) is 0 Å². The highest BCUT2D eigenvalue weighted by Crippen LogP contribution is 2.31. The van der Waals surface area contributed by atoms with Gasteiger partial charge < -0.3 is 10.0 Å². The molecule has 0 aromatic heterocycles. The Morgan fingerprint density at radius 3 is 1.81 bits per heavy atom. The van der Waals surface area contributed by atoms with E-state index >= 15 is 0 Å². The summed E-state index contributed by atoms with van der Waals surface area (Å²) in [7, 11) is 1.96. The van der Waals surface area contributed by atoms with Crippen LogP contribution in [0.15, 0.2) is 0 Å². The molecule has 0 saturated heterocycles. The van der Waals surface area contributed by atoms with Crippen molar-refractivity contribution in [2.24, 2.45) is 11.8 Å². The van der Waals surface area contributed by atoms with Crippen LogP contribution in [0, 0.1) is 11.8 Å². The van der Waals surface area contributed by atoms with Crippen LogP contribution < -0.4 is 0 Å². The van der Waals surface area contributed by atoms with E-state index in [1.807, 2.05) is 11.9 Å². The van der Waals surface area contributed by atoms with Gasteiger partial charge >= 0.3 is 5.97 Å². The molecule has 1 N–H and O–H groups in total. The van der Waals surface area contributed by atoms with Crippen LogP contribution in [0.3, 0.4) is 0 Å². The van der Waals surface area contributed by atoms with Crippen LogP contribution in [0.25, 0.3) is 0 Å². The van der Waals surface area contributed by atoms with E-state index in [4.69, 9.17) is 5.11 Å². The average molecular weight is 295 g/mol. The van der Waals surface area contributed by atoms with Crippen molar-refractivity contribution in [2.75, 3.05) is 7.05 Å². The zero-order chi connectivity index (χ0) is 15.2. The van der Waals surface area contributed by atoms with Crippen LogP contribution in [0.5, 0.6) is 0 Å². The molecule has 21 heavy (non-hydrogen) atoms. The number of aliphatic carboxylic acids is 1. The molecule has 120 valence electrons. The van der Waals surface area contributed by atoms with Gasteiger partial charge in [-0.05, 0) is 38.5 Å². The van der Waals surface area contributed by atoms with Crippen LogP contribution in [0.4, 0.5) is 0 Å². The molecule has 2 aliphatic rings. The normalized spacial score (nSPS) is 28.4. The first-order valence-corrected chi connectivity index (χ1v) is 8.59. The van der Waals surface area contributed by atoms with Crippen LogP contribution >= 0.6 is 0 Å². The fourth-order valence-electron chi connectivity index (χ4n) is 3.88. The Hall–Kier alpha value is -1.06. The maximum absolute atomic E-state index is 12.7. The quantitative estimate of drug-likeness (QED) is 0.867. The Morgan fingerprint density at radius 2 is 1.29 bits per heavy atom. The molecule has 0 aromatic rings.